The third-order valence-corrected chi connectivity index (χ3v) is 2.07. The monoisotopic (exact) mass is 165 g/mol. The molecule has 3 nitrogen and oxygen atoms in total. The van der Waals surface area contributed by atoms with Gasteiger partial charge in [-0.15, -0.1) is 0 Å². The van der Waals surface area contributed by atoms with E-state index in [1.165, 1.54) is 0 Å². The first-order valence-corrected chi connectivity index (χ1v) is 4.17. The first kappa shape index (κ1) is 7.55. The molecule has 0 radical (unpaired) electrons. The summed E-state index contributed by atoms with van der Waals surface area (Å²) in [5.74, 6) is 0. The Labute approximate surface area is 70.6 Å². The van der Waals surface area contributed by atoms with E-state index < -0.39 is 0 Å². The summed E-state index contributed by atoms with van der Waals surface area (Å²) >= 11 is 0. The second kappa shape index (κ2) is 3.11. The maximum absolute atomic E-state index is 11.3. The molecule has 0 amide bonds. The van der Waals surface area contributed by atoms with Gasteiger partial charge in [0.05, 0.1) is 0 Å². The van der Waals surface area contributed by atoms with Gasteiger partial charge in [0.15, 0.2) is 0 Å². The van der Waals surface area contributed by atoms with Gasteiger partial charge in [0.1, 0.15) is 6.23 Å². The van der Waals surface area contributed by atoms with Crippen molar-refractivity contribution in [2.24, 2.45) is 0 Å². The molecule has 1 aliphatic rings. The van der Waals surface area contributed by atoms with Crippen molar-refractivity contribution in [2.45, 2.75) is 19.1 Å². The van der Waals surface area contributed by atoms with Gasteiger partial charge in [-0.25, -0.2) is 0 Å². The molecule has 0 N–H and O–H groups in total. The summed E-state index contributed by atoms with van der Waals surface area (Å²) in [5.41, 5.74) is 0.0180. The van der Waals surface area contributed by atoms with Gasteiger partial charge >= 0.3 is 0 Å². The molecule has 1 aliphatic heterocycles. The van der Waals surface area contributed by atoms with Gasteiger partial charge in [0.2, 0.25) is 0 Å². The summed E-state index contributed by atoms with van der Waals surface area (Å²) in [6, 6.07) is 5.15. The van der Waals surface area contributed by atoms with E-state index in [2.05, 4.69) is 0 Å². The molecule has 1 saturated heterocycles. The zero-order valence-electron chi connectivity index (χ0n) is 6.77. The Morgan fingerprint density at radius 3 is 3.08 bits per heavy atom. The Morgan fingerprint density at radius 2 is 2.42 bits per heavy atom. The van der Waals surface area contributed by atoms with E-state index in [0.717, 1.165) is 19.4 Å². The fraction of sp³-hybridized carbons (Fsp3) is 0.444. The van der Waals surface area contributed by atoms with Crippen LogP contribution in [0.25, 0.3) is 0 Å². The van der Waals surface area contributed by atoms with E-state index in [9.17, 15) is 4.79 Å². The van der Waals surface area contributed by atoms with Crippen LogP contribution in [0.1, 0.15) is 19.1 Å². The molecule has 0 spiro atoms. The normalized spacial score (nSPS) is 22.8. The zero-order chi connectivity index (χ0) is 8.39. The Bertz CT molecular complexity index is 312. The Balaban J connectivity index is 2.32. The standard InChI is InChI=1S/C9H11NO2/c11-8-4-1-2-6-10(8)9-5-3-7-12-9/h1-2,4,6,9H,3,5,7H2. The number of pyridine rings is 1. The predicted molar refractivity (Wildman–Crippen MR) is 44.9 cm³/mol. The highest BCUT2D eigenvalue weighted by Gasteiger charge is 2.17. The van der Waals surface area contributed by atoms with Crippen LogP contribution in [0.5, 0.6) is 0 Å². The molecule has 0 aromatic carbocycles. The van der Waals surface area contributed by atoms with E-state index >= 15 is 0 Å². The lowest BCUT2D eigenvalue weighted by atomic mass is 10.3. The highest BCUT2D eigenvalue weighted by molar-refractivity contribution is 4.94. The number of nitrogens with zero attached hydrogens (tertiary/aromatic N) is 1. The van der Waals surface area contributed by atoms with Crippen LogP contribution < -0.4 is 5.56 Å². The second-order valence-electron chi connectivity index (χ2n) is 2.91. The van der Waals surface area contributed by atoms with Crippen molar-refractivity contribution in [2.75, 3.05) is 6.61 Å². The van der Waals surface area contributed by atoms with Crippen molar-refractivity contribution in [1.29, 1.82) is 0 Å². The molecule has 1 unspecified atom stereocenters. The van der Waals surface area contributed by atoms with Gasteiger partial charge in [-0.05, 0) is 18.9 Å². The van der Waals surface area contributed by atoms with Gasteiger partial charge < -0.3 is 4.74 Å². The Kier molecular flexibility index (Phi) is 1.96. The summed E-state index contributed by atoms with van der Waals surface area (Å²) in [4.78, 5) is 11.3. The van der Waals surface area contributed by atoms with E-state index in [1.807, 2.05) is 6.07 Å². The molecule has 0 aliphatic carbocycles. The summed E-state index contributed by atoms with van der Waals surface area (Å²) in [6.45, 7) is 0.770. The minimum atomic E-state index is -0.0290. The van der Waals surface area contributed by atoms with Crippen LogP contribution in [0.2, 0.25) is 0 Å². The molecule has 12 heavy (non-hydrogen) atoms. The molecule has 0 saturated carbocycles. The maximum atomic E-state index is 11.3. The lowest BCUT2D eigenvalue weighted by Gasteiger charge is -2.11. The van der Waals surface area contributed by atoms with E-state index in [0.29, 0.717) is 0 Å². The summed E-state index contributed by atoms with van der Waals surface area (Å²) in [6.07, 6.45) is 3.74. The zero-order valence-corrected chi connectivity index (χ0v) is 6.77. The first-order valence-electron chi connectivity index (χ1n) is 4.17. The highest BCUT2D eigenvalue weighted by atomic mass is 16.5. The van der Waals surface area contributed by atoms with Gasteiger partial charge in [-0.3, -0.25) is 9.36 Å². The molecular weight excluding hydrogens is 154 g/mol. The minimum absolute atomic E-state index is 0.0180. The van der Waals surface area contributed by atoms with Crippen LogP contribution in [0.15, 0.2) is 29.2 Å². The van der Waals surface area contributed by atoms with Crippen molar-refractivity contribution >= 4 is 0 Å². The molecule has 1 fully saturated rings. The maximum Gasteiger partial charge on any atom is 0.252 e. The summed E-state index contributed by atoms with van der Waals surface area (Å²) in [5, 5.41) is 0. The van der Waals surface area contributed by atoms with Gasteiger partial charge in [0.25, 0.3) is 5.56 Å². The molecule has 1 aromatic rings. The van der Waals surface area contributed by atoms with Crippen LogP contribution in [0.4, 0.5) is 0 Å². The third-order valence-electron chi connectivity index (χ3n) is 2.07. The number of ether oxygens (including phenoxy) is 1. The number of rotatable bonds is 1. The van der Waals surface area contributed by atoms with Gasteiger partial charge in [0, 0.05) is 18.9 Å². The number of hydrogen-bond acceptors (Lipinski definition) is 2. The smallest absolute Gasteiger partial charge is 0.252 e. The molecule has 3 heteroatoms. The largest absolute Gasteiger partial charge is 0.358 e. The van der Waals surface area contributed by atoms with Crippen LogP contribution in [0.3, 0.4) is 0 Å². The lowest BCUT2D eigenvalue weighted by Crippen LogP contribution is -2.22. The quantitative estimate of drug-likeness (QED) is 0.625. The average molecular weight is 165 g/mol. The van der Waals surface area contributed by atoms with Crippen molar-refractivity contribution < 1.29 is 4.74 Å². The van der Waals surface area contributed by atoms with Crippen LogP contribution >= 0.6 is 0 Å². The Morgan fingerprint density at radius 1 is 1.50 bits per heavy atom. The molecular formula is C9H11NO2. The summed E-state index contributed by atoms with van der Waals surface area (Å²) < 4.78 is 7.03. The first-order chi connectivity index (χ1) is 5.88. The van der Waals surface area contributed by atoms with Crippen molar-refractivity contribution in [3.05, 3.63) is 34.7 Å². The molecule has 2 heterocycles. The average Bonchev–Trinajstić information content (AvgIpc) is 2.57. The minimum Gasteiger partial charge on any atom is -0.358 e. The van der Waals surface area contributed by atoms with Crippen molar-refractivity contribution in [1.82, 2.24) is 4.57 Å². The van der Waals surface area contributed by atoms with Gasteiger partial charge in [-0.1, -0.05) is 6.07 Å². The lowest BCUT2D eigenvalue weighted by molar-refractivity contribution is 0.0538. The van der Waals surface area contributed by atoms with Gasteiger partial charge in [-0.2, -0.15) is 0 Å². The van der Waals surface area contributed by atoms with E-state index in [1.54, 1.807) is 22.9 Å². The van der Waals surface area contributed by atoms with E-state index in [4.69, 9.17) is 4.74 Å². The van der Waals surface area contributed by atoms with Crippen molar-refractivity contribution in [3.63, 3.8) is 0 Å². The number of hydrogen-bond donors (Lipinski definition) is 0. The fourth-order valence-corrected chi connectivity index (χ4v) is 1.46. The van der Waals surface area contributed by atoms with Crippen LogP contribution in [0, 0.1) is 0 Å². The predicted octanol–water partition coefficient (Wildman–Crippen LogP) is 1.16. The molecule has 1 atom stereocenters. The third kappa shape index (κ3) is 1.28. The Hall–Kier alpha value is -1.09. The summed E-state index contributed by atoms with van der Waals surface area (Å²) in [7, 11) is 0. The molecule has 1 aromatic heterocycles. The van der Waals surface area contributed by atoms with Crippen LogP contribution in [-0.2, 0) is 4.74 Å². The highest BCUT2D eigenvalue weighted by Crippen LogP contribution is 2.20. The fourth-order valence-electron chi connectivity index (χ4n) is 1.46. The molecule has 64 valence electrons. The molecule has 2 rings (SSSR count). The van der Waals surface area contributed by atoms with Crippen LogP contribution in [-0.4, -0.2) is 11.2 Å². The second-order valence-corrected chi connectivity index (χ2v) is 2.91. The molecule has 0 bridgehead atoms. The SMILES string of the molecule is O=c1ccccn1C1CCCO1. The topological polar surface area (TPSA) is 31.2 Å². The van der Waals surface area contributed by atoms with Crippen molar-refractivity contribution in [3.8, 4) is 0 Å². The van der Waals surface area contributed by atoms with E-state index in [-0.39, 0.29) is 11.8 Å². The number of aromatic nitrogens is 1.